The molecule has 0 aliphatic carbocycles. The highest BCUT2D eigenvalue weighted by Gasteiger charge is 2.13. The fourth-order valence-corrected chi connectivity index (χ4v) is 3.81. The molecule has 1 N–H and O–H groups in total. The number of hydrogen-bond acceptors (Lipinski definition) is 5. The third kappa shape index (κ3) is 3.39. The van der Waals surface area contributed by atoms with Gasteiger partial charge in [0.15, 0.2) is 0 Å². The Morgan fingerprint density at radius 3 is 2.58 bits per heavy atom. The van der Waals surface area contributed by atoms with Crippen LogP contribution in [0.15, 0.2) is 60.7 Å². The summed E-state index contributed by atoms with van der Waals surface area (Å²) in [5.41, 5.74) is 2.09. The fraction of sp³-hybridized carbons (Fsp3) is 0.143. The lowest BCUT2D eigenvalue weighted by Gasteiger charge is -2.12. The monoisotopic (exact) mass is 361 g/mol. The molecular weight excluding hydrogens is 342 g/mol. The Morgan fingerprint density at radius 2 is 1.77 bits per heavy atom. The van der Waals surface area contributed by atoms with Crippen LogP contribution >= 0.6 is 11.3 Å². The van der Waals surface area contributed by atoms with Crippen LogP contribution in [0.4, 0.5) is 11.5 Å². The molecule has 0 saturated heterocycles. The Labute approximate surface area is 156 Å². The molecule has 0 aliphatic rings. The zero-order valence-electron chi connectivity index (χ0n) is 14.7. The van der Waals surface area contributed by atoms with E-state index in [4.69, 9.17) is 14.7 Å². The van der Waals surface area contributed by atoms with Gasteiger partial charge >= 0.3 is 0 Å². The fourth-order valence-electron chi connectivity index (χ4n) is 2.91. The minimum absolute atomic E-state index is 0.703. The molecule has 2 aromatic heterocycles. The third-order valence-electron chi connectivity index (χ3n) is 4.13. The van der Waals surface area contributed by atoms with E-state index < -0.39 is 0 Å². The van der Waals surface area contributed by atoms with Gasteiger partial charge in [-0.25, -0.2) is 9.97 Å². The largest absolute Gasteiger partial charge is 0.495 e. The van der Waals surface area contributed by atoms with Crippen LogP contribution in [-0.4, -0.2) is 17.1 Å². The second-order valence-corrected chi connectivity index (χ2v) is 7.29. The average Bonchev–Trinajstić information content (AvgIpc) is 3.03. The van der Waals surface area contributed by atoms with Crippen LogP contribution < -0.4 is 10.1 Å². The highest BCUT2D eigenvalue weighted by molar-refractivity contribution is 7.18. The highest BCUT2D eigenvalue weighted by Crippen LogP contribution is 2.33. The van der Waals surface area contributed by atoms with Gasteiger partial charge in [0.05, 0.1) is 18.2 Å². The number of anilines is 2. The van der Waals surface area contributed by atoms with Crippen LogP contribution in [0, 0.1) is 6.92 Å². The number of ether oxygens (including phenoxy) is 1. The summed E-state index contributed by atoms with van der Waals surface area (Å²) in [5, 5.41) is 4.47. The Kier molecular flexibility index (Phi) is 4.54. The number of rotatable bonds is 5. The van der Waals surface area contributed by atoms with Gasteiger partial charge in [-0.2, -0.15) is 0 Å². The number of fused-ring (bicyclic) bond motifs is 1. The lowest BCUT2D eigenvalue weighted by molar-refractivity contribution is 0.417. The van der Waals surface area contributed by atoms with E-state index in [0.717, 1.165) is 33.3 Å². The molecule has 4 nitrogen and oxygen atoms in total. The molecule has 0 amide bonds. The Bertz CT molecular complexity index is 1040. The van der Waals surface area contributed by atoms with Crippen molar-refractivity contribution in [3.8, 4) is 5.75 Å². The van der Waals surface area contributed by atoms with E-state index in [1.54, 1.807) is 18.4 Å². The summed E-state index contributed by atoms with van der Waals surface area (Å²) in [7, 11) is 1.67. The van der Waals surface area contributed by atoms with Crippen molar-refractivity contribution in [2.45, 2.75) is 13.3 Å². The van der Waals surface area contributed by atoms with Crippen LogP contribution in [0.2, 0.25) is 0 Å². The Hall–Kier alpha value is -2.92. The molecule has 130 valence electrons. The zero-order chi connectivity index (χ0) is 17.9. The van der Waals surface area contributed by atoms with Gasteiger partial charge in [0.1, 0.15) is 22.2 Å². The quantitative estimate of drug-likeness (QED) is 0.521. The Morgan fingerprint density at radius 1 is 1.00 bits per heavy atom. The van der Waals surface area contributed by atoms with Crippen LogP contribution in [0.3, 0.4) is 0 Å². The van der Waals surface area contributed by atoms with Crippen molar-refractivity contribution < 1.29 is 4.74 Å². The molecule has 4 aromatic rings. The molecule has 5 heteroatoms. The van der Waals surface area contributed by atoms with Gasteiger partial charge in [-0.15, -0.1) is 11.3 Å². The maximum Gasteiger partial charge on any atom is 0.143 e. The topological polar surface area (TPSA) is 47.0 Å². The van der Waals surface area contributed by atoms with Crippen molar-refractivity contribution in [1.82, 2.24) is 9.97 Å². The molecule has 0 bridgehead atoms. The predicted octanol–water partition coefficient (Wildman–Crippen LogP) is 5.34. The first kappa shape index (κ1) is 16.5. The lowest BCUT2D eigenvalue weighted by Crippen LogP contribution is -2.02. The van der Waals surface area contributed by atoms with E-state index in [1.165, 1.54) is 10.4 Å². The van der Waals surface area contributed by atoms with Gasteiger partial charge in [0, 0.05) is 11.3 Å². The minimum atomic E-state index is 0.703. The summed E-state index contributed by atoms with van der Waals surface area (Å²) < 4.78 is 5.46. The Balaban J connectivity index is 1.77. The van der Waals surface area contributed by atoms with Crippen LogP contribution in [0.25, 0.3) is 10.2 Å². The van der Waals surface area contributed by atoms with E-state index >= 15 is 0 Å². The van der Waals surface area contributed by atoms with E-state index in [-0.39, 0.29) is 0 Å². The van der Waals surface area contributed by atoms with Gasteiger partial charge in [0.2, 0.25) is 0 Å². The summed E-state index contributed by atoms with van der Waals surface area (Å²) in [4.78, 5) is 11.8. The number of nitrogens with zero attached hydrogens (tertiary/aromatic N) is 2. The van der Waals surface area contributed by atoms with E-state index in [1.807, 2.05) is 42.5 Å². The lowest BCUT2D eigenvalue weighted by atomic mass is 10.1. The number of methoxy groups -OCH3 is 1. The summed E-state index contributed by atoms with van der Waals surface area (Å²) in [6, 6.07) is 20.3. The second kappa shape index (κ2) is 7.14. The summed E-state index contributed by atoms with van der Waals surface area (Å²) >= 11 is 1.69. The molecular formula is C21H19N3OS. The number of aryl methyl sites for hydroxylation is 1. The van der Waals surface area contributed by atoms with Crippen LogP contribution in [0.5, 0.6) is 5.75 Å². The zero-order valence-corrected chi connectivity index (χ0v) is 15.5. The highest BCUT2D eigenvalue weighted by atomic mass is 32.1. The third-order valence-corrected chi connectivity index (χ3v) is 5.07. The maximum absolute atomic E-state index is 5.46. The molecule has 0 aliphatic heterocycles. The first-order valence-corrected chi connectivity index (χ1v) is 9.25. The van der Waals surface area contributed by atoms with Crippen molar-refractivity contribution in [1.29, 1.82) is 0 Å². The minimum Gasteiger partial charge on any atom is -0.495 e. The average molecular weight is 361 g/mol. The number of thiophene rings is 1. The van der Waals surface area contributed by atoms with Gasteiger partial charge < -0.3 is 10.1 Å². The van der Waals surface area contributed by atoms with Gasteiger partial charge in [-0.05, 0) is 30.7 Å². The first-order valence-electron chi connectivity index (χ1n) is 8.44. The smallest absolute Gasteiger partial charge is 0.143 e. The normalized spacial score (nSPS) is 10.8. The molecule has 0 atom stereocenters. The van der Waals surface area contributed by atoms with Crippen molar-refractivity contribution in [3.63, 3.8) is 0 Å². The number of hydrogen-bond donors (Lipinski definition) is 1. The van der Waals surface area contributed by atoms with E-state index in [9.17, 15) is 0 Å². The number of nitrogens with one attached hydrogen (secondary N) is 1. The molecule has 2 heterocycles. The number of benzene rings is 2. The summed E-state index contributed by atoms with van der Waals surface area (Å²) in [6.07, 6.45) is 0.703. The summed E-state index contributed by atoms with van der Waals surface area (Å²) in [5.74, 6) is 2.41. The molecule has 0 unspecified atom stereocenters. The van der Waals surface area contributed by atoms with Crippen molar-refractivity contribution >= 4 is 33.1 Å². The van der Waals surface area contributed by atoms with Gasteiger partial charge in [0.25, 0.3) is 0 Å². The van der Waals surface area contributed by atoms with Crippen LogP contribution in [-0.2, 0) is 6.42 Å². The molecule has 26 heavy (non-hydrogen) atoms. The first-order chi connectivity index (χ1) is 12.7. The summed E-state index contributed by atoms with van der Waals surface area (Å²) in [6.45, 7) is 2.09. The standard InChI is InChI=1S/C21H19N3OS/c1-14-12-16-20(22-17-10-6-7-11-18(17)25-2)23-19(24-21(16)26-14)13-15-8-4-3-5-9-15/h3-12H,13H2,1-2H3,(H,22,23,24). The molecule has 0 spiro atoms. The molecule has 2 aromatic carbocycles. The van der Waals surface area contributed by atoms with E-state index in [2.05, 4.69) is 30.4 Å². The number of para-hydroxylation sites is 2. The second-order valence-electron chi connectivity index (χ2n) is 6.05. The van der Waals surface area contributed by atoms with Crippen molar-refractivity contribution in [3.05, 3.63) is 76.9 Å². The maximum atomic E-state index is 5.46. The SMILES string of the molecule is COc1ccccc1Nc1nc(Cc2ccccc2)nc2sc(C)cc12. The molecule has 0 radical (unpaired) electrons. The van der Waals surface area contributed by atoms with Gasteiger partial charge in [-0.3, -0.25) is 0 Å². The molecule has 4 rings (SSSR count). The van der Waals surface area contributed by atoms with Crippen LogP contribution in [0.1, 0.15) is 16.3 Å². The molecule has 0 fully saturated rings. The number of aromatic nitrogens is 2. The molecule has 0 saturated carbocycles. The predicted molar refractivity (Wildman–Crippen MR) is 108 cm³/mol. The van der Waals surface area contributed by atoms with E-state index in [0.29, 0.717) is 6.42 Å². The van der Waals surface area contributed by atoms with Gasteiger partial charge in [-0.1, -0.05) is 42.5 Å². The van der Waals surface area contributed by atoms with Crippen molar-refractivity contribution in [2.75, 3.05) is 12.4 Å². The van der Waals surface area contributed by atoms with Crippen molar-refractivity contribution in [2.24, 2.45) is 0 Å².